The van der Waals surface area contributed by atoms with Gasteiger partial charge in [-0.3, -0.25) is 0 Å². The third kappa shape index (κ3) is 2.88. The molecule has 0 aliphatic rings. The van der Waals surface area contributed by atoms with Crippen molar-refractivity contribution in [2.24, 2.45) is 0 Å². The van der Waals surface area contributed by atoms with Crippen molar-refractivity contribution in [3.05, 3.63) is 23.7 Å². The lowest BCUT2D eigenvalue weighted by Crippen LogP contribution is -1.98. The predicted molar refractivity (Wildman–Crippen MR) is 48.9 cm³/mol. The quantitative estimate of drug-likeness (QED) is 0.499. The fraction of sp³-hybridized carbons (Fsp3) is 0.200. The van der Waals surface area contributed by atoms with E-state index >= 15 is 0 Å². The third-order valence-corrected chi connectivity index (χ3v) is 1.47. The topological polar surface area (TPSA) is 65.7 Å². The molecule has 0 amide bonds. The lowest BCUT2D eigenvalue weighted by atomic mass is 10.4. The summed E-state index contributed by atoms with van der Waals surface area (Å²) < 4.78 is 13.7. The van der Waals surface area contributed by atoms with Crippen molar-refractivity contribution >= 4 is 11.9 Å². The molecule has 1 aromatic heterocycles. The van der Waals surface area contributed by atoms with Crippen LogP contribution in [0.1, 0.15) is 16.3 Å². The highest BCUT2D eigenvalue weighted by Crippen LogP contribution is 2.07. The number of ether oxygens (including phenoxy) is 2. The van der Waals surface area contributed by atoms with Crippen LogP contribution in [0.4, 0.5) is 0 Å². The van der Waals surface area contributed by atoms with Crippen molar-refractivity contribution in [2.45, 2.75) is 0 Å². The van der Waals surface area contributed by atoms with Crippen molar-refractivity contribution in [3.8, 4) is 11.8 Å². The Morgan fingerprint density at radius 2 is 2.00 bits per heavy atom. The number of esters is 2. The van der Waals surface area contributed by atoms with Gasteiger partial charge in [-0.1, -0.05) is 0 Å². The van der Waals surface area contributed by atoms with Crippen LogP contribution in [0, 0.1) is 11.8 Å². The summed E-state index contributed by atoms with van der Waals surface area (Å²) >= 11 is 0. The van der Waals surface area contributed by atoms with Gasteiger partial charge in [0.25, 0.3) is 0 Å². The molecule has 0 saturated heterocycles. The summed E-state index contributed by atoms with van der Waals surface area (Å²) in [7, 11) is 2.46. The largest absolute Gasteiger partial charge is 0.463 e. The molecule has 78 valence electrons. The zero-order chi connectivity index (χ0) is 11.3. The summed E-state index contributed by atoms with van der Waals surface area (Å²) in [6.45, 7) is 0. The Bertz CT molecular complexity index is 432. The van der Waals surface area contributed by atoms with Crippen LogP contribution in [0.3, 0.4) is 0 Å². The van der Waals surface area contributed by atoms with Crippen LogP contribution >= 0.6 is 0 Å². The highest BCUT2D eigenvalue weighted by molar-refractivity contribution is 5.89. The van der Waals surface area contributed by atoms with E-state index in [4.69, 9.17) is 4.42 Å². The summed E-state index contributed by atoms with van der Waals surface area (Å²) in [5, 5.41) is 0. The van der Waals surface area contributed by atoms with Crippen LogP contribution in [-0.4, -0.2) is 26.2 Å². The molecule has 5 heteroatoms. The number of furan rings is 1. The molecule has 0 fully saturated rings. The molecule has 0 atom stereocenters. The molecule has 0 spiro atoms. The van der Waals surface area contributed by atoms with Crippen molar-refractivity contribution in [2.75, 3.05) is 14.2 Å². The summed E-state index contributed by atoms with van der Waals surface area (Å²) in [6, 6.07) is 2.87. The summed E-state index contributed by atoms with van der Waals surface area (Å²) in [5.41, 5.74) is 0. The fourth-order valence-electron chi connectivity index (χ4n) is 0.779. The van der Waals surface area contributed by atoms with Gasteiger partial charge < -0.3 is 13.9 Å². The van der Waals surface area contributed by atoms with Gasteiger partial charge in [-0.15, -0.1) is 0 Å². The summed E-state index contributed by atoms with van der Waals surface area (Å²) in [4.78, 5) is 21.6. The van der Waals surface area contributed by atoms with Gasteiger partial charge in [-0.2, -0.15) is 0 Å². The summed E-state index contributed by atoms with van der Waals surface area (Å²) in [5.74, 6) is 3.52. The molecule has 0 N–H and O–H groups in total. The normalized spacial score (nSPS) is 8.67. The van der Waals surface area contributed by atoms with Crippen molar-refractivity contribution in [1.29, 1.82) is 0 Å². The van der Waals surface area contributed by atoms with E-state index < -0.39 is 11.9 Å². The van der Waals surface area contributed by atoms with Gasteiger partial charge in [0.1, 0.15) is 0 Å². The predicted octanol–water partition coefficient (Wildman–Crippen LogP) is 0.591. The molecule has 0 aliphatic carbocycles. The maximum Gasteiger partial charge on any atom is 0.384 e. The van der Waals surface area contributed by atoms with Gasteiger partial charge in [-0.05, 0) is 18.1 Å². The monoisotopic (exact) mass is 208 g/mol. The molecular formula is C10H8O5. The van der Waals surface area contributed by atoms with Crippen molar-refractivity contribution in [3.63, 3.8) is 0 Å². The highest BCUT2D eigenvalue weighted by atomic mass is 16.5. The standard InChI is InChI=1S/C10H8O5/c1-13-9(11)6-4-7-3-5-8(15-7)10(12)14-2/h3,5H,1-2H3. The average molecular weight is 208 g/mol. The lowest BCUT2D eigenvalue weighted by Gasteiger charge is -1.90. The average Bonchev–Trinajstić information content (AvgIpc) is 2.73. The van der Waals surface area contributed by atoms with Gasteiger partial charge in [-0.25, -0.2) is 9.59 Å². The van der Waals surface area contributed by atoms with E-state index in [1.807, 2.05) is 0 Å². The Hall–Kier alpha value is -2.22. The van der Waals surface area contributed by atoms with E-state index in [0.29, 0.717) is 0 Å². The molecule has 0 bridgehead atoms. The van der Waals surface area contributed by atoms with Gasteiger partial charge in [0.05, 0.1) is 14.2 Å². The molecule has 5 nitrogen and oxygen atoms in total. The van der Waals surface area contributed by atoms with Crippen LogP contribution in [0.25, 0.3) is 0 Å². The van der Waals surface area contributed by atoms with Crippen LogP contribution in [0.5, 0.6) is 0 Å². The minimum Gasteiger partial charge on any atom is -0.463 e. The molecular weight excluding hydrogens is 200 g/mol. The van der Waals surface area contributed by atoms with Gasteiger partial charge in [0, 0.05) is 5.92 Å². The Labute approximate surface area is 86.0 Å². The molecule has 0 aliphatic heterocycles. The molecule has 0 aromatic carbocycles. The number of hydrogen-bond donors (Lipinski definition) is 0. The first-order valence-corrected chi connectivity index (χ1v) is 3.95. The molecule has 1 heterocycles. The van der Waals surface area contributed by atoms with Crippen LogP contribution in [0.2, 0.25) is 0 Å². The Kier molecular flexibility index (Phi) is 3.52. The second-order valence-electron chi connectivity index (χ2n) is 2.40. The molecule has 0 saturated carbocycles. The lowest BCUT2D eigenvalue weighted by molar-refractivity contribution is -0.133. The van der Waals surface area contributed by atoms with Crippen LogP contribution < -0.4 is 0 Å². The molecule has 0 unspecified atom stereocenters. The van der Waals surface area contributed by atoms with Gasteiger partial charge in [0.2, 0.25) is 5.76 Å². The van der Waals surface area contributed by atoms with Gasteiger partial charge in [0.15, 0.2) is 5.76 Å². The highest BCUT2D eigenvalue weighted by Gasteiger charge is 2.09. The third-order valence-electron chi connectivity index (χ3n) is 1.47. The first kappa shape index (κ1) is 10.9. The van der Waals surface area contributed by atoms with Crippen LogP contribution in [0.15, 0.2) is 16.5 Å². The molecule has 0 radical (unpaired) electrons. The number of methoxy groups -OCH3 is 2. The van der Waals surface area contributed by atoms with E-state index in [1.54, 1.807) is 0 Å². The number of rotatable bonds is 1. The van der Waals surface area contributed by atoms with E-state index in [0.717, 1.165) is 0 Å². The Morgan fingerprint density at radius 1 is 1.27 bits per heavy atom. The maximum atomic E-state index is 11.0. The molecule has 15 heavy (non-hydrogen) atoms. The van der Waals surface area contributed by atoms with Gasteiger partial charge >= 0.3 is 11.9 Å². The maximum absolute atomic E-state index is 11.0. The number of carbonyl (C=O) groups is 2. The number of carbonyl (C=O) groups excluding carboxylic acids is 2. The molecule has 1 rings (SSSR count). The zero-order valence-electron chi connectivity index (χ0n) is 8.20. The van der Waals surface area contributed by atoms with Crippen LogP contribution in [-0.2, 0) is 14.3 Å². The first-order chi connectivity index (χ1) is 7.17. The molecule has 1 aromatic rings. The number of hydrogen-bond acceptors (Lipinski definition) is 5. The van der Waals surface area contributed by atoms with E-state index in [1.165, 1.54) is 26.4 Å². The minimum absolute atomic E-state index is 0.0339. The van der Waals surface area contributed by atoms with Crippen molar-refractivity contribution < 1.29 is 23.5 Å². The fourth-order valence-corrected chi connectivity index (χ4v) is 0.779. The summed E-state index contributed by atoms with van der Waals surface area (Å²) in [6.07, 6.45) is 0. The second-order valence-corrected chi connectivity index (χ2v) is 2.40. The zero-order valence-corrected chi connectivity index (χ0v) is 8.20. The SMILES string of the molecule is COC(=O)C#Cc1ccc(C(=O)OC)o1. The van der Waals surface area contributed by atoms with Crippen molar-refractivity contribution in [1.82, 2.24) is 0 Å². The first-order valence-electron chi connectivity index (χ1n) is 3.95. The second kappa shape index (κ2) is 4.86. The Morgan fingerprint density at radius 3 is 2.60 bits per heavy atom. The van der Waals surface area contributed by atoms with E-state index in [9.17, 15) is 9.59 Å². The van der Waals surface area contributed by atoms with E-state index in [2.05, 4.69) is 21.3 Å². The Balaban J connectivity index is 2.79. The smallest absolute Gasteiger partial charge is 0.384 e. The minimum atomic E-state index is -0.675. The van der Waals surface area contributed by atoms with E-state index in [-0.39, 0.29) is 11.5 Å².